The van der Waals surface area contributed by atoms with Crippen molar-refractivity contribution in [3.63, 3.8) is 0 Å². The maximum absolute atomic E-state index is 12.9. The van der Waals surface area contributed by atoms with Crippen molar-refractivity contribution in [2.24, 2.45) is 16.0 Å². The second-order valence-electron chi connectivity index (χ2n) is 10.0. The molecule has 3 aliphatic rings. The quantitative estimate of drug-likeness (QED) is 0.477. The smallest absolute Gasteiger partial charge is 0.283 e. The van der Waals surface area contributed by atoms with Gasteiger partial charge in [-0.15, -0.1) is 0 Å². The molecular formula is C28H33N5OS. The Morgan fingerprint density at radius 3 is 2.66 bits per heavy atom. The number of hydrazone groups is 1. The molecule has 2 aliphatic heterocycles. The van der Waals surface area contributed by atoms with Crippen molar-refractivity contribution < 1.29 is 4.79 Å². The van der Waals surface area contributed by atoms with E-state index in [1.807, 2.05) is 0 Å². The van der Waals surface area contributed by atoms with Crippen molar-refractivity contribution in [1.82, 2.24) is 9.58 Å². The van der Waals surface area contributed by atoms with Crippen LogP contribution in [-0.2, 0) is 4.79 Å². The van der Waals surface area contributed by atoms with E-state index in [1.165, 1.54) is 60.0 Å². The van der Waals surface area contributed by atoms with Gasteiger partial charge in [0.25, 0.3) is 5.91 Å². The van der Waals surface area contributed by atoms with Crippen LogP contribution in [0.5, 0.6) is 0 Å². The van der Waals surface area contributed by atoms with Crippen LogP contribution in [0.2, 0.25) is 0 Å². The molecule has 1 N–H and O–H groups in total. The molecule has 6 nitrogen and oxygen atoms in total. The van der Waals surface area contributed by atoms with E-state index in [1.54, 1.807) is 6.08 Å². The van der Waals surface area contributed by atoms with Crippen LogP contribution < -0.4 is 0 Å². The Morgan fingerprint density at radius 1 is 1.11 bits per heavy atom. The minimum Gasteiger partial charge on any atom is -0.318 e. The predicted octanol–water partition coefficient (Wildman–Crippen LogP) is 6.69. The number of thioether (sulfide) groups is 1. The Hall–Kier alpha value is -2.93. The SMILES string of the molecule is Cc1ccc(C)c(-n2c(C)cc(C=C3C(=N)N4N=C(CCC5CCCCC5)SC4=NC3=O)c2C)c1. The van der Waals surface area contributed by atoms with Crippen LogP contribution in [0.15, 0.2) is 39.9 Å². The maximum Gasteiger partial charge on any atom is 0.283 e. The molecule has 7 heteroatoms. The van der Waals surface area contributed by atoms with Crippen molar-refractivity contribution >= 4 is 39.8 Å². The Bertz CT molecular complexity index is 1290. The van der Waals surface area contributed by atoms with Gasteiger partial charge in [-0.05, 0) is 93.1 Å². The van der Waals surface area contributed by atoms with Gasteiger partial charge in [0.2, 0.25) is 5.17 Å². The molecule has 0 bridgehead atoms. The fraction of sp³-hybridized carbons (Fsp3) is 0.429. The molecule has 1 aromatic heterocycles. The minimum absolute atomic E-state index is 0.108. The van der Waals surface area contributed by atoms with E-state index in [0.717, 1.165) is 46.4 Å². The largest absolute Gasteiger partial charge is 0.318 e. The zero-order valence-electron chi connectivity index (χ0n) is 21.0. The van der Waals surface area contributed by atoms with Gasteiger partial charge in [-0.25, -0.2) is 0 Å². The summed E-state index contributed by atoms with van der Waals surface area (Å²) in [6.45, 7) is 8.33. The first-order valence-corrected chi connectivity index (χ1v) is 13.4. The van der Waals surface area contributed by atoms with Gasteiger partial charge in [-0.2, -0.15) is 15.1 Å². The summed E-state index contributed by atoms with van der Waals surface area (Å²) in [7, 11) is 0. The fourth-order valence-corrected chi connectivity index (χ4v) is 6.26. The zero-order chi connectivity index (χ0) is 24.7. The van der Waals surface area contributed by atoms with Crippen LogP contribution in [-0.4, -0.2) is 31.5 Å². The number of nitrogens with one attached hydrogen (secondary N) is 1. The van der Waals surface area contributed by atoms with Crippen LogP contribution >= 0.6 is 11.8 Å². The van der Waals surface area contributed by atoms with E-state index in [4.69, 9.17) is 5.41 Å². The molecule has 0 unspecified atom stereocenters. The molecule has 35 heavy (non-hydrogen) atoms. The highest BCUT2D eigenvalue weighted by Gasteiger charge is 2.36. The van der Waals surface area contributed by atoms with E-state index < -0.39 is 0 Å². The number of fused-ring (bicyclic) bond motifs is 1. The molecule has 0 spiro atoms. The van der Waals surface area contributed by atoms with Crippen LogP contribution in [0.25, 0.3) is 11.8 Å². The summed E-state index contributed by atoms with van der Waals surface area (Å²) in [4.78, 5) is 17.2. The lowest BCUT2D eigenvalue weighted by Crippen LogP contribution is -2.35. The third-order valence-corrected chi connectivity index (χ3v) is 8.33. The summed E-state index contributed by atoms with van der Waals surface area (Å²) in [6, 6.07) is 8.50. The molecule has 2 aromatic rings. The van der Waals surface area contributed by atoms with Gasteiger partial charge in [-0.1, -0.05) is 44.2 Å². The number of amides is 1. The van der Waals surface area contributed by atoms with Gasteiger partial charge in [0, 0.05) is 17.1 Å². The molecule has 1 aliphatic carbocycles. The summed E-state index contributed by atoms with van der Waals surface area (Å²) in [5.74, 6) is 0.515. The minimum atomic E-state index is -0.367. The topological polar surface area (TPSA) is 73.8 Å². The van der Waals surface area contributed by atoms with Gasteiger partial charge in [0.1, 0.15) is 5.04 Å². The highest BCUT2D eigenvalue weighted by Crippen LogP contribution is 2.34. The third kappa shape index (κ3) is 4.66. The monoisotopic (exact) mass is 487 g/mol. The summed E-state index contributed by atoms with van der Waals surface area (Å²) >= 11 is 1.44. The summed E-state index contributed by atoms with van der Waals surface area (Å²) in [5.41, 5.74) is 6.85. The van der Waals surface area contributed by atoms with E-state index in [0.29, 0.717) is 5.17 Å². The molecule has 1 fully saturated rings. The summed E-state index contributed by atoms with van der Waals surface area (Å²) in [5, 5.41) is 16.4. The number of benzene rings is 1. The molecule has 0 atom stereocenters. The van der Waals surface area contributed by atoms with Crippen molar-refractivity contribution in [3.05, 3.63) is 57.9 Å². The maximum atomic E-state index is 12.9. The highest BCUT2D eigenvalue weighted by atomic mass is 32.2. The van der Waals surface area contributed by atoms with E-state index in [9.17, 15) is 4.79 Å². The van der Waals surface area contributed by atoms with E-state index in [-0.39, 0.29) is 17.3 Å². The number of aliphatic imine (C=N–C) groups is 1. The lowest BCUT2D eigenvalue weighted by atomic mass is 9.86. The van der Waals surface area contributed by atoms with Crippen molar-refractivity contribution in [2.45, 2.75) is 72.6 Å². The molecule has 1 saturated carbocycles. The van der Waals surface area contributed by atoms with Crippen molar-refractivity contribution in [2.75, 3.05) is 0 Å². The Labute approximate surface area is 211 Å². The van der Waals surface area contributed by atoms with E-state index in [2.05, 4.69) is 66.6 Å². The van der Waals surface area contributed by atoms with Gasteiger partial charge >= 0.3 is 0 Å². The predicted molar refractivity (Wildman–Crippen MR) is 146 cm³/mol. The Morgan fingerprint density at radius 2 is 1.89 bits per heavy atom. The number of hydrogen-bond acceptors (Lipinski definition) is 4. The molecule has 0 saturated heterocycles. The third-order valence-electron chi connectivity index (χ3n) is 7.36. The second kappa shape index (κ2) is 9.61. The molecular weight excluding hydrogens is 454 g/mol. The lowest BCUT2D eigenvalue weighted by Gasteiger charge is -2.20. The molecule has 182 valence electrons. The summed E-state index contributed by atoms with van der Waals surface area (Å²) in [6.07, 6.45) is 10.5. The van der Waals surface area contributed by atoms with Crippen LogP contribution in [0.1, 0.15) is 73.0 Å². The summed E-state index contributed by atoms with van der Waals surface area (Å²) < 4.78 is 2.22. The normalized spacial score (nSPS) is 19.9. The zero-order valence-corrected chi connectivity index (χ0v) is 21.8. The first-order valence-electron chi connectivity index (χ1n) is 12.6. The number of aromatic nitrogens is 1. The van der Waals surface area contributed by atoms with Crippen LogP contribution in [0.3, 0.4) is 0 Å². The molecule has 5 rings (SSSR count). The average Bonchev–Trinajstić information content (AvgIpc) is 3.37. The van der Waals surface area contributed by atoms with Gasteiger partial charge < -0.3 is 4.57 Å². The molecule has 1 amide bonds. The number of aryl methyl sites for hydroxylation is 3. The number of carbonyl (C=O) groups excluding carboxylic acids is 1. The molecule has 0 radical (unpaired) electrons. The standard InChI is InChI=1S/C28H33N5OS/c1-17-10-11-18(2)24(14-17)32-19(3)15-22(20(32)4)16-23-26(29)33-28(30-27(23)34)35-25(31-33)13-12-21-8-6-5-7-9-21/h10-11,14-16,21,29H,5-9,12-13H2,1-4H3. The molecule has 1 aromatic carbocycles. The first kappa shape index (κ1) is 23.8. The van der Waals surface area contributed by atoms with Gasteiger partial charge in [-0.3, -0.25) is 10.2 Å². The Balaban J connectivity index is 1.40. The van der Waals surface area contributed by atoms with Gasteiger partial charge in [0.05, 0.1) is 5.57 Å². The lowest BCUT2D eigenvalue weighted by molar-refractivity contribution is -0.114. The average molecular weight is 488 g/mol. The van der Waals surface area contributed by atoms with Crippen LogP contribution in [0, 0.1) is 39.0 Å². The highest BCUT2D eigenvalue weighted by molar-refractivity contribution is 8.26. The van der Waals surface area contributed by atoms with Crippen LogP contribution in [0.4, 0.5) is 0 Å². The van der Waals surface area contributed by atoms with Crippen molar-refractivity contribution in [1.29, 1.82) is 5.41 Å². The van der Waals surface area contributed by atoms with Crippen molar-refractivity contribution in [3.8, 4) is 5.69 Å². The number of nitrogens with zero attached hydrogens (tertiary/aromatic N) is 4. The number of amidine groups is 2. The van der Waals surface area contributed by atoms with E-state index >= 15 is 0 Å². The van der Waals surface area contributed by atoms with Gasteiger partial charge in [0.15, 0.2) is 5.84 Å². The number of rotatable bonds is 5. The Kier molecular flexibility index (Phi) is 6.53. The second-order valence-corrected chi connectivity index (χ2v) is 11.0. The fourth-order valence-electron chi connectivity index (χ4n) is 5.36. The molecule has 3 heterocycles. The number of hydrogen-bond donors (Lipinski definition) is 1. The first-order chi connectivity index (χ1) is 16.8. The number of carbonyl (C=O) groups is 1.